The number of aryl methyl sites for hydroxylation is 1. The monoisotopic (exact) mass is 300 g/mol. The molecule has 2 rings (SSSR count). The van der Waals surface area contributed by atoms with E-state index in [1.54, 1.807) is 30.3 Å². The van der Waals surface area contributed by atoms with Gasteiger partial charge in [0.1, 0.15) is 0 Å². The van der Waals surface area contributed by atoms with Crippen molar-refractivity contribution in [2.75, 3.05) is 11.1 Å². The van der Waals surface area contributed by atoms with Crippen LogP contribution < -0.4 is 11.1 Å². The lowest BCUT2D eigenvalue weighted by molar-refractivity contribution is 1.43. The fraction of sp³-hybridized carbons (Fsp3) is 0.0769. The van der Waals surface area contributed by atoms with E-state index >= 15 is 0 Å². The Hall–Kier alpha value is -1.09. The van der Waals surface area contributed by atoms with Crippen LogP contribution in [0.3, 0.4) is 0 Å². The van der Waals surface area contributed by atoms with Gasteiger partial charge in [-0.2, -0.15) is 0 Å². The van der Waals surface area contributed by atoms with E-state index in [2.05, 4.69) is 5.32 Å². The Balaban J connectivity index is 2.43. The molecule has 0 saturated carbocycles. The number of anilines is 3. The summed E-state index contributed by atoms with van der Waals surface area (Å²) >= 11 is 18.2. The molecule has 2 nitrogen and oxygen atoms in total. The molecule has 0 atom stereocenters. The highest BCUT2D eigenvalue weighted by atomic mass is 35.5. The summed E-state index contributed by atoms with van der Waals surface area (Å²) in [5, 5.41) is 4.77. The van der Waals surface area contributed by atoms with E-state index in [1.165, 1.54) is 0 Å². The Labute approximate surface area is 121 Å². The summed E-state index contributed by atoms with van der Waals surface area (Å²) in [7, 11) is 0. The van der Waals surface area contributed by atoms with Crippen LogP contribution in [0, 0.1) is 6.92 Å². The van der Waals surface area contributed by atoms with Crippen molar-refractivity contribution in [3.8, 4) is 0 Å². The van der Waals surface area contributed by atoms with Gasteiger partial charge in [0.25, 0.3) is 0 Å². The first kappa shape index (κ1) is 13.3. The van der Waals surface area contributed by atoms with E-state index in [0.29, 0.717) is 26.4 Å². The standard InChI is InChI=1S/C13H11Cl3N2/c1-7-5-11(17)10(16)6-12(7)18-13-8(14)3-2-4-9(13)15/h2-6,18H,17H2,1H3. The number of hydrogen-bond donors (Lipinski definition) is 2. The summed E-state index contributed by atoms with van der Waals surface area (Å²) < 4.78 is 0. The molecule has 94 valence electrons. The molecule has 3 N–H and O–H groups in total. The SMILES string of the molecule is Cc1cc(N)c(Cl)cc1Nc1c(Cl)cccc1Cl. The molecule has 2 aromatic carbocycles. The van der Waals surface area contributed by atoms with Gasteiger partial charge in [-0.3, -0.25) is 0 Å². The number of halogens is 3. The first-order valence-electron chi connectivity index (χ1n) is 5.25. The number of benzene rings is 2. The first-order chi connectivity index (χ1) is 8.49. The Bertz CT molecular complexity index is 577. The van der Waals surface area contributed by atoms with Crippen LogP contribution in [-0.2, 0) is 0 Å². The molecule has 0 heterocycles. The highest BCUT2D eigenvalue weighted by Gasteiger charge is 2.09. The third kappa shape index (κ3) is 2.66. The second-order valence-corrected chi connectivity index (χ2v) is 5.13. The summed E-state index contributed by atoms with van der Waals surface area (Å²) in [5.74, 6) is 0. The largest absolute Gasteiger partial charge is 0.398 e. The fourth-order valence-corrected chi connectivity index (χ4v) is 2.25. The van der Waals surface area contributed by atoms with Gasteiger partial charge in [-0.25, -0.2) is 0 Å². The van der Waals surface area contributed by atoms with Gasteiger partial charge < -0.3 is 11.1 Å². The summed E-state index contributed by atoms with van der Waals surface area (Å²) in [6.45, 7) is 1.93. The van der Waals surface area contributed by atoms with E-state index in [-0.39, 0.29) is 0 Å². The first-order valence-corrected chi connectivity index (χ1v) is 6.39. The summed E-state index contributed by atoms with van der Waals surface area (Å²) in [4.78, 5) is 0. The molecule has 0 spiro atoms. The van der Waals surface area contributed by atoms with Gasteiger partial charge in [0.15, 0.2) is 0 Å². The van der Waals surface area contributed by atoms with Crippen LogP contribution in [0.25, 0.3) is 0 Å². The maximum atomic E-state index is 6.10. The van der Waals surface area contributed by atoms with Gasteiger partial charge in [-0.05, 0) is 36.8 Å². The summed E-state index contributed by atoms with van der Waals surface area (Å²) in [6.07, 6.45) is 0. The smallest absolute Gasteiger partial charge is 0.0763 e. The quantitative estimate of drug-likeness (QED) is 0.740. The van der Waals surface area contributed by atoms with Gasteiger partial charge in [0, 0.05) is 5.69 Å². The molecule has 5 heteroatoms. The molecule has 0 unspecified atom stereocenters. The second kappa shape index (κ2) is 5.27. The predicted molar refractivity (Wildman–Crippen MR) is 80.3 cm³/mol. The van der Waals surface area contributed by atoms with Crippen molar-refractivity contribution in [3.63, 3.8) is 0 Å². The molecule has 18 heavy (non-hydrogen) atoms. The highest BCUT2D eigenvalue weighted by Crippen LogP contribution is 2.35. The molecular formula is C13H11Cl3N2. The van der Waals surface area contributed by atoms with Crippen molar-refractivity contribution < 1.29 is 0 Å². The third-order valence-electron chi connectivity index (χ3n) is 2.57. The van der Waals surface area contributed by atoms with Gasteiger partial charge in [0.2, 0.25) is 0 Å². The van der Waals surface area contributed by atoms with Crippen LogP contribution in [-0.4, -0.2) is 0 Å². The van der Waals surface area contributed by atoms with Gasteiger partial charge in [0.05, 0.1) is 26.4 Å². The zero-order valence-electron chi connectivity index (χ0n) is 9.60. The minimum atomic E-state index is 0.492. The number of nitrogen functional groups attached to an aromatic ring is 1. The molecule has 0 amide bonds. The number of para-hydroxylation sites is 1. The summed E-state index contributed by atoms with van der Waals surface area (Å²) in [5.41, 5.74) is 8.72. The Morgan fingerprint density at radius 1 is 1.00 bits per heavy atom. The zero-order valence-corrected chi connectivity index (χ0v) is 11.9. The lowest BCUT2D eigenvalue weighted by atomic mass is 10.1. The van der Waals surface area contributed by atoms with Crippen molar-refractivity contribution in [2.45, 2.75) is 6.92 Å². The highest BCUT2D eigenvalue weighted by molar-refractivity contribution is 6.39. The van der Waals surface area contributed by atoms with Gasteiger partial charge in [-0.1, -0.05) is 40.9 Å². The molecule has 0 saturated heterocycles. The van der Waals surface area contributed by atoms with E-state index in [1.807, 2.05) is 6.92 Å². The lowest BCUT2D eigenvalue weighted by Gasteiger charge is -2.13. The minimum absolute atomic E-state index is 0.492. The normalized spacial score (nSPS) is 10.4. The Kier molecular flexibility index (Phi) is 3.91. The third-order valence-corrected chi connectivity index (χ3v) is 3.52. The Morgan fingerprint density at radius 2 is 1.61 bits per heavy atom. The zero-order chi connectivity index (χ0) is 13.3. The number of hydrogen-bond acceptors (Lipinski definition) is 2. The maximum Gasteiger partial charge on any atom is 0.0763 e. The van der Waals surface area contributed by atoms with Crippen LogP contribution in [0.2, 0.25) is 15.1 Å². The molecule has 0 fully saturated rings. The molecule has 0 aliphatic heterocycles. The van der Waals surface area contributed by atoms with Crippen LogP contribution >= 0.6 is 34.8 Å². The molecule has 0 aliphatic rings. The van der Waals surface area contributed by atoms with Crippen molar-refractivity contribution in [3.05, 3.63) is 51.0 Å². The van der Waals surface area contributed by atoms with E-state index in [4.69, 9.17) is 40.5 Å². The molecule has 2 aromatic rings. The second-order valence-electron chi connectivity index (χ2n) is 3.91. The van der Waals surface area contributed by atoms with Crippen LogP contribution in [0.1, 0.15) is 5.56 Å². The fourth-order valence-electron chi connectivity index (χ4n) is 1.59. The van der Waals surface area contributed by atoms with Crippen LogP contribution in [0.5, 0.6) is 0 Å². The molecule has 0 bridgehead atoms. The molecule has 0 aromatic heterocycles. The van der Waals surface area contributed by atoms with Crippen molar-refractivity contribution in [2.24, 2.45) is 0 Å². The van der Waals surface area contributed by atoms with Crippen molar-refractivity contribution >= 4 is 51.9 Å². The molecule has 0 radical (unpaired) electrons. The van der Waals surface area contributed by atoms with Crippen molar-refractivity contribution in [1.82, 2.24) is 0 Å². The number of nitrogens with two attached hydrogens (primary N) is 1. The average Bonchev–Trinajstić information content (AvgIpc) is 2.30. The van der Waals surface area contributed by atoms with Gasteiger partial charge >= 0.3 is 0 Å². The predicted octanol–water partition coefficient (Wildman–Crippen LogP) is 5.28. The maximum absolute atomic E-state index is 6.10. The van der Waals surface area contributed by atoms with Gasteiger partial charge in [-0.15, -0.1) is 0 Å². The van der Waals surface area contributed by atoms with E-state index in [9.17, 15) is 0 Å². The van der Waals surface area contributed by atoms with Crippen LogP contribution in [0.15, 0.2) is 30.3 Å². The van der Waals surface area contributed by atoms with Crippen LogP contribution in [0.4, 0.5) is 17.1 Å². The van der Waals surface area contributed by atoms with E-state index < -0.39 is 0 Å². The number of nitrogens with one attached hydrogen (secondary N) is 1. The van der Waals surface area contributed by atoms with E-state index in [0.717, 1.165) is 11.3 Å². The molecular weight excluding hydrogens is 291 g/mol. The molecule has 0 aliphatic carbocycles. The average molecular weight is 302 g/mol. The number of rotatable bonds is 2. The minimum Gasteiger partial charge on any atom is -0.398 e. The Morgan fingerprint density at radius 3 is 2.22 bits per heavy atom. The van der Waals surface area contributed by atoms with Crippen molar-refractivity contribution in [1.29, 1.82) is 0 Å². The topological polar surface area (TPSA) is 38.0 Å². The summed E-state index contributed by atoms with van der Waals surface area (Å²) in [6, 6.07) is 8.88. The lowest BCUT2D eigenvalue weighted by Crippen LogP contribution is -1.97.